The Balaban J connectivity index is 2.55. The van der Waals surface area contributed by atoms with Crippen LogP contribution in [-0.4, -0.2) is 10.2 Å². The molecule has 2 aromatic rings. The molecule has 14 heavy (non-hydrogen) atoms. The molecule has 70 valence electrons. The van der Waals surface area contributed by atoms with Crippen molar-refractivity contribution in [3.8, 4) is 11.3 Å². The summed E-state index contributed by atoms with van der Waals surface area (Å²) in [5.74, 6) is 0. The first-order chi connectivity index (χ1) is 6.77. The molecular formula is C10H7BrN2O. The van der Waals surface area contributed by atoms with Crippen molar-refractivity contribution in [1.29, 1.82) is 0 Å². The summed E-state index contributed by atoms with van der Waals surface area (Å²) in [7, 11) is 0. The number of rotatable bonds is 1. The molecule has 1 N–H and O–H groups in total. The topological polar surface area (TPSA) is 45.8 Å². The molecule has 2 rings (SSSR count). The molecule has 0 saturated carbocycles. The van der Waals surface area contributed by atoms with E-state index in [-0.39, 0.29) is 5.56 Å². The second-order valence-corrected chi connectivity index (χ2v) is 3.64. The number of hydrogen-bond donors (Lipinski definition) is 1. The molecule has 0 aliphatic rings. The number of nitrogens with one attached hydrogen (secondary N) is 1. The van der Waals surface area contributed by atoms with Crippen molar-refractivity contribution in [2.75, 3.05) is 0 Å². The first-order valence-corrected chi connectivity index (χ1v) is 4.87. The second kappa shape index (κ2) is 3.75. The van der Waals surface area contributed by atoms with E-state index in [0.717, 1.165) is 15.7 Å². The summed E-state index contributed by atoms with van der Waals surface area (Å²) in [6.45, 7) is 0. The third kappa shape index (κ3) is 1.75. The smallest absolute Gasteiger partial charge is 0.264 e. The Morgan fingerprint density at radius 1 is 1.14 bits per heavy atom. The lowest BCUT2D eigenvalue weighted by atomic mass is 10.1. The van der Waals surface area contributed by atoms with Gasteiger partial charge in [0, 0.05) is 16.1 Å². The van der Waals surface area contributed by atoms with Crippen molar-refractivity contribution >= 4 is 15.9 Å². The Bertz CT molecular complexity index is 487. The summed E-state index contributed by atoms with van der Waals surface area (Å²) < 4.78 is 0.958. The van der Waals surface area contributed by atoms with E-state index in [9.17, 15) is 4.79 Å². The van der Waals surface area contributed by atoms with E-state index in [4.69, 9.17) is 0 Å². The van der Waals surface area contributed by atoms with Crippen LogP contribution in [0.15, 0.2) is 45.7 Å². The van der Waals surface area contributed by atoms with Crippen LogP contribution in [0.1, 0.15) is 0 Å². The molecule has 1 heterocycles. The van der Waals surface area contributed by atoms with Gasteiger partial charge < -0.3 is 0 Å². The lowest BCUT2D eigenvalue weighted by molar-refractivity contribution is 0.995. The van der Waals surface area contributed by atoms with Gasteiger partial charge in [0.15, 0.2) is 0 Å². The number of aromatic amines is 1. The van der Waals surface area contributed by atoms with E-state index in [1.807, 2.05) is 24.3 Å². The molecule has 0 unspecified atom stereocenters. The van der Waals surface area contributed by atoms with Crippen LogP contribution in [0.4, 0.5) is 0 Å². The van der Waals surface area contributed by atoms with Gasteiger partial charge in [-0.25, -0.2) is 5.10 Å². The van der Waals surface area contributed by atoms with E-state index in [1.165, 1.54) is 6.07 Å². The molecule has 1 aromatic carbocycles. The molecule has 4 heteroatoms. The lowest BCUT2D eigenvalue weighted by Gasteiger charge is -2.01. The Labute approximate surface area is 88.9 Å². The number of hydrogen-bond acceptors (Lipinski definition) is 2. The van der Waals surface area contributed by atoms with Gasteiger partial charge in [-0.2, -0.15) is 5.10 Å². The van der Waals surface area contributed by atoms with Crippen LogP contribution < -0.4 is 5.56 Å². The van der Waals surface area contributed by atoms with Crippen molar-refractivity contribution in [3.63, 3.8) is 0 Å². The van der Waals surface area contributed by atoms with Gasteiger partial charge in [-0.1, -0.05) is 34.1 Å². The van der Waals surface area contributed by atoms with Crippen LogP contribution in [0.25, 0.3) is 11.3 Å². The zero-order valence-corrected chi connectivity index (χ0v) is 8.78. The highest BCUT2D eigenvalue weighted by Gasteiger charge is 2.02. The van der Waals surface area contributed by atoms with E-state index in [0.29, 0.717) is 0 Å². The van der Waals surface area contributed by atoms with Crippen LogP contribution in [0.3, 0.4) is 0 Å². The fourth-order valence-corrected chi connectivity index (χ4v) is 1.65. The Morgan fingerprint density at radius 3 is 2.57 bits per heavy atom. The highest BCUT2D eigenvalue weighted by molar-refractivity contribution is 9.10. The molecule has 0 amide bonds. The quantitative estimate of drug-likeness (QED) is 0.844. The summed E-state index contributed by atoms with van der Waals surface area (Å²) in [5, 5.41) is 6.34. The predicted molar refractivity (Wildman–Crippen MR) is 58.0 cm³/mol. The highest BCUT2D eigenvalue weighted by atomic mass is 79.9. The van der Waals surface area contributed by atoms with Crippen LogP contribution in [-0.2, 0) is 0 Å². The van der Waals surface area contributed by atoms with E-state index >= 15 is 0 Å². The largest absolute Gasteiger partial charge is 0.268 e. The van der Waals surface area contributed by atoms with Crippen molar-refractivity contribution in [1.82, 2.24) is 10.2 Å². The maximum atomic E-state index is 10.8. The second-order valence-electron chi connectivity index (χ2n) is 2.79. The molecule has 0 radical (unpaired) electrons. The third-order valence-electron chi connectivity index (χ3n) is 1.83. The maximum absolute atomic E-state index is 10.8. The minimum Gasteiger partial charge on any atom is -0.268 e. The molecule has 3 nitrogen and oxygen atoms in total. The Kier molecular flexibility index (Phi) is 2.45. The number of aromatic nitrogens is 2. The first-order valence-electron chi connectivity index (χ1n) is 4.08. The molecule has 1 aromatic heterocycles. The average Bonchev–Trinajstić information content (AvgIpc) is 2.20. The summed E-state index contributed by atoms with van der Waals surface area (Å²) in [5.41, 5.74) is 1.52. The minimum atomic E-state index is -0.194. The van der Waals surface area contributed by atoms with Crippen molar-refractivity contribution in [3.05, 3.63) is 51.2 Å². The monoisotopic (exact) mass is 250 g/mol. The van der Waals surface area contributed by atoms with E-state index in [1.54, 1.807) is 6.07 Å². The van der Waals surface area contributed by atoms with Gasteiger partial charge in [0.1, 0.15) is 0 Å². The van der Waals surface area contributed by atoms with Crippen LogP contribution >= 0.6 is 15.9 Å². The zero-order valence-electron chi connectivity index (χ0n) is 7.20. The molecular weight excluding hydrogens is 244 g/mol. The summed E-state index contributed by atoms with van der Waals surface area (Å²) in [6, 6.07) is 10.9. The van der Waals surface area contributed by atoms with Crippen LogP contribution in [0.5, 0.6) is 0 Å². The molecule has 0 aliphatic heterocycles. The SMILES string of the molecule is O=c1ccc(-c2ccccc2Br)n[nH]1. The molecule has 0 aliphatic carbocycles. The van der Waals surface area contributed by atoms with Crippen molar-refractivity contribution in [2.24, 2.45) is 0 Å². The number of benzene rings is 1. The fourth-order valence-electron chi connectivity index (χ4n) is 1.16. The normalized spacial score (nSPS) is 10.1. The van der Waals surface area contributed by atoms with Crippen LogP contribution in [0.2, 0.25) is 0 Å². The number of halogens is 1. The molecule has 0 spiro atoms. The molecule has 0 fully saturated rings. The zero-order chi connectivity index (χ0) is 9.97. The number of nitrogens with zero attached hydrogens (tertiary/aromatic N) is 1. The van der Waals surface area contributed by atoms with Crippen molar-refractivity contribution in [2.45, 2.75) is 0 Å². The third-order valence-corrected chi connectivity index (χ3v) is 2.52. The molecule has 0 atom stereocenters. The van der Waals surface area contributed by atoms with Crippen LogP contribution in [0, 0.1) is 0 Å². The van der Waals surface area contributed by atoms with Crippen molar-refractivity contribution < 1.29 is 0 Å². The van der Waals surface area contributed by atoms with Gasteiger partial charge in [-0.3, -0.25) is 4.79 Å². The van der Waals surface area contributed by atoms with Gasteiger partial charge in [-0.05, 0) is 12.1 Å². The summed E-state index contributed by atoms with van der Waals surface area (Å²) >= 11 is 3.42. The van der Waals surface area contributed by atoms with E-state index in [2.05, 4.69) is 26.1 Å². The van der Waals surface area contributed by atoms with Gasteiger partial charge in [0.2, 0.25) is 0 Å². The van der Waals surface area contributed by atoms with Gasteiger partial charge >= 0.3 is 0 Å². The standard InChI is InChI=1S/C10H7BrN2O/c11-8-4-2-1-3-7(8)9-5-6-10(14)13-12-9/h1-6H,(H,13,14). The Morgan fingerprint density at radius 2 is 1.93 bits per heavy atom. The lowest BCUT2D eigenvalue weighted by Crippen LogP contribution is -2.05. The van der Waals surface area contributed by atoms with Gasteiger partial charge in [-0.15, -0.1) is 0 Å². The molecule has 0 saturated heterocycles. The Hall–Kier alpha value is -1.42. The number of H-pyrrole nitrogens is 1. The summed E-state index contributed by atoms with van der Waals surface area (Å²) in [4.78, 5) is 10.8. The van der Waals surface area contributed by atoms with Gasteiger partial charge in [0.05, 0.1) is 5.69 Å². The average molecular weight is 251 g/mol. The van der Waals surface area contributed by atoms with E-state index < -0.39 is 0 Å². The van der Waals surface area contributed by atoms with Gasteiger partial charge in [0.25, 0.3) is 5.56 Å². The highest BCUT2D eigenvalue weighted by Crippen LogP contribution is 2.24. The summed E-state index contributed by atoms with van der Waals surface area (Å²) in [6.07, 6.45) is 0. The predicted octanol–water partition coefficient (Wildman–Crippen LogP) is 2.20. The minimum absolute atomic E-state index is 0.194. The maximum Gasteiger partial charge on any atom is 0.264 e. The first kappa shape index (κ1) is 9.15. The fraction of sp³-hybridized carbons (Fsp3) is 0. The molecule has 0 bridgehead atoms.